The topological polar surface area (TPSA) is 176 Å². The van der Waals surface area contributed by atoms with Crippen molar-refractivity contribution in [1.29, 1.82) is 0 Å². The number of aromatic nitrogens is 1. The summed E-state index contributed by atoms with van der Waals surface area (Å²) in [6.45, 7) is 6.74. The summed E-state index contributed by atoms with van der Waals surface area (Å²) in [6.07, 6.45) is 4.45. The van der Waals surface area contributed by atoms with Crippen molar-refractivity contribution in [3.8, 4) is 0 Å². The summed E-state index contributed by atoms with van der Waals surface area (Å²) in [6, 6.07) is 15.3. The van der Waals surface area contributed by atoms with E-state index >= 15 is 0 Å². The summed E-state index contributed by atoms with van der Waals surface area (Å²) < 4.78 is 0. The van der Waals surface area contributed by atoms with Crippen molar-refractivity contribution in [2.75, 3.05) is 37.6 Å². The molecule has 1 aliphatic heterocycles. The Kier molecular flexibility index (Phi) is 15.2. The second-order valence-corrected chi connectivity index (χ2v) is 14.1. The van der Waals surface area contributed by atoms with Crippen LogP contribution in [0.2, 0.25) is 0 Å². The highest BCUT2D eigenvalue weighted by Crippen LogP contribution is 2.20. The van der Waals surface area contributed by atoms with E-state index in [1.807, 2.05) is 79.9 Å². The zero-order chi connectivity index (χ0) is 35.9. The van der Waals surface area contributed by atoms with Crippen LogP contribution in [0.3, 0.4) is 0 Å². The third kappa shape index (κ3) is 11.9. The zero-order valence-corrected chi connectivity index (χ0v) is 29.9. The normalized spacial score (nSPS) is 15.5. The molecular weight excluding hydrogens is 653 g/mol. The highest BCUT2D eigenvalue weighted by molar-refractivity contribution is 7.13. The molecule has 270 valence electrons. The van der Waals surface area contributed by atoms with Crippen LogP contribution in [-0.4, -0.2) is 90.4 Å². The summed E-state index contributed by atoms with van der Waals surface area (Å²) in [5.74, 6) is -1.50. The fourth-order valence-electron chi connectivity index (χ4n) is 6.01. The summed E-state index contributed by atoms with van der Waals surface area (Å²) >= 11 is 1.57. The molecule has 0 unspecified atom stereocenters. The van der Waals surface area contributed by atoms with Crippen molar-refractivity contribution in [1.82, 2.24) is 25.8 Å². The molecule has 1 aliphatic rings. The van der Waals surface area contributed by atoms with E-state index in [0.717, 1.165) is 22.7 Å². The minimum absolute atomic E-state index is 0.0536. The molecule has 0 aliphatic carbocycles. The van der Waals surface area contributed by atoms with Crippen molar-refractivity contribution in [3.63, 3.8) is 0 Å². The van der Waals surface area contributed by atoms with Crippen LogP contribution in [0.4, 0.5) is 5.13 Å². The number of carbonyl (C=O) groups is 4. The fraction of sp³-hybridized carbons (Fsp3) is 0.486. The van der Waals surface area contributed by atoms with Gasteiger partial charge in [0.15, 0.2) is 5.13 Å². The number of hydrogen-bond acceptors (Lipinski definition) is 9. The van der Waals surface area contributed by atoms with E-state index < -0.39 is 41.9 Å². The van der Waals surface area contributed by atoms with Crippen LogP contribution in [0.5, 0.6) is 0 Å². The molecule has 50 heavy (non-hydrogen) atoms. The minimum Gasteiger partial charge on any atom is -0.345 e. The summed E-state index contributed by atoms with van der Waals surface area (Å²) in [7, 11) is 0. The van der Waals surface area contributed by atoms with Crippen LogP contribution in [0.15, 0.2) is 72.2 Å². The Hall–Kier alpha value is -4.33. The molecule has 0 spiro atoms. The lowest BCUT2D eigenvalue weighted by Gasteiger charge is -2.36. The Balaban J connectivity index is 1.45. The quantitative estimate of drug-likeness (QED) is 0.125. The maximum absolute atomic E-state index is 13.9. The summed E-state index contributed by atoms with van der Waals surface area (Å²) in [5.41, 5.74) is 13.8. The second kappa shape index (κ2) is 19.8. The largest absolute Gasteiger partial charge is 0.345 e. The monoisotopic (exact) mass is 704 g/mol. The van der Waals surface area contributed by atoms with Crippen LogP contribution in [0, 0.1) is 5.92 Å². The molecule has 4 atom stereocenters. The SMILES string of the molecule is CC(C)C[C@@H](NC(=O)[C@@H](Cc1ccccc1)NC(=O)[C@H](N)Cc1ccccc1)C(=O)N[C@H](CCCCN)C(=O)N1CCN(c2nccs2)CC1. The average molecular weight is 705 g/mol. The summed E-state index contributed by atoms with van der Waals surface area (Å²) in [4.78, 5) is 63.3. The molecule has 1 fully saturated rings. The molecule has 13 heteroatoms. The first kappa shape index (κ1) is 38.5. The number of thiazole rings is 1. The second-order valence-electron chi connectivity index (χ2n) is 13.2. The number of amides is 4. The smallest absolute Gasteiger partial charge is 0.245 e. The zero-order valence-electron chi connectivity index (χ0n) is 29.1. The molecular formula is C37H52N8O4S. The Morgan fingerprint density at radius 3 is 1.94 bits per heavy atom. The predicted octanol–water partition coefficient (Wildman–Crippen LogP) is 2.23. The molecule has 0 radical (unpaired) electrons. The lowest BCUT2D eigenvalue weighted by molar-refractivity contribution is -0.138. The first-order valence-corrected chi connectivity index (χ1v) is 18.4. The van der Waals surface area contributed by atoms with Gasteiger partial charge >= 0.3 is 0 Å². The Morgan fingerprint density at radius 1 is 0.780 bits per heavy atom. The predicted molar refractivity (Wildman–Crippen MR) is 197 cm³/mol. The van der Waals surface area contributed by atoms with Gasteiger partial charge in [0.05, 0.1) is 6.04 Å². The number of piperazine rings is 1. The molecule has 7 N–H and O–H groups in total. The maximum atomic E-state index is 13.9. The fourth-order valence-corrected chi connectivity index (χ4v) is 6.70. The number of unbranched alkanes of at least 4 members (excludes halogenated alkanes) is 1. The number of hydrogen-bond donors (Lipinski definition) is 5. The van der Waals surface area contributed by atoms with Gasteiger partial charge in [0.25, 0.3) is 0 Å². The molecule has 4 amide bonds. The van der Waals surface area contributed by atoms with E-state index in [4.69, 9.17) is 11.5 Å². The van der Waals surface area contributed by atoms with Crippen molar-refractivity contribution in [3.05, 3.63) is 83.4 Å². The molecule has 2 aromatic carbocycles. The van der Waals surface area contributed by atoms with E-state index in [0.29, 0.717) is 58.4 Å². The average Bonchev–Trinajstić information content (AvgIpc) is 3.66. The number of anilines is 1. The summed E-state index contributed by atoms with van der Waals surface area (Å²) in [5, 5.41) is 11.6. The van der Waals surface area contributed by atoms with Gasteiger partial charge in [0, 0.05) is 44.2 Å². The lowest BCUT2D eigenvalue weighted by Crippen LogP contribution is -2.59. The Morgan fingerprint density at radius 2 is 1.36 bits per heavy atom. The van der Waals surface area contributed by atoms with Gasteiger partial charge in [-0.1, -0.05) is 74.5 Å². The van der Waals surface area contributed by atoms with E-state index in [9.17, 15) is 19.2 Å². The number of benzene rings is 2. The minimum atomic E-state index is -0.981. The number of rotatable bonds is 18. The van der Waals surface area contributed by atoms with Crippen LogP contribution in [0.1, 0.15) is 50.7 Å². The van der Waals surface area contributed by atoms with Gasteiger partial charge in [-0.15, -0.1) is 11.3 Å². The van der Waals surface area contributed by atoms with E-state index in [1.165, 1.54) is 0 Å². The number of nitrogens with one attached hydrogen (secondary N) is 3. The number of nitrogens with zero attached hydrogens (tertiary/aromatic N) is 3. The van der Waals surface area contributed by atoms with E-state index in [1.54, 1.807) is 22.4 Å². The molecule has 1 aromatic heterocycles. The van der Waals surface area contributed by atoms with Gasteiger partial charge in [-0.2, -0.15) is 0 Å². The lowest BCUT2D eigenvalue weighted by atomic mass is 9.99. The third-order valence-electron chi connectivity index (χ3n) is 8.73. The van der Waals surface area contributed by atoms with E-state index in [2.05, 4.69) is 25.8 Å². The molecule has 4 rings (SSSR count). The van der Waals surface area contributed by atoms with Gasteiger partial charge in [-0.3, -0.25) is 19.2 Å². The number of carbonyl (C=O) groups excluding carboxylic acids is 4. The Bertz CT molecular complexity index is 1480. The molecule has 1 saturated heterocycles. The van der Waals surface area contributed by atoms with Gasteiger partial charge in [0.2, 0.25) is 23.6 Å². The number of nitrogens with two attached hydrogens (primary N) is 2. The van der Waals surface area contributed by atoms with Gasteiger partial charge in [0.1, 0.15) is 18.1 Å². The highest BCUT2D eigenvalue weighted by atomic mass is 32.1. The standard InChI is InChI=1S/C37H52N8O4S/c1-26(2)23-31(34(47)41-30(15-9-10-16-38)36(49)44-18-20-45(21-19-44)37-40-17-22-50-37)43-35(48)32(25-28-13-7-4-8-14-28)42-33(46)29(39)24-27-11-5-3-6-12-27/h3-8,11-14,17,22,26,29-32H,9-10,15-16,18-21,23-25,38-39H2,1-2H3,(H,41,47)(H,42,46)(H,43,48)/t29-,30-,31-,32-/m1/s1. The molecule has 12 nitrogen and oxygen atoms in total. The van der Waals surface area contributed by atoms with E-state index in [-0.39, 0.29) is 18.2 Å². The van der Waals surface area contributed by atoms with Crippen molar-refractivity contribution in [2.24, 2.45) is 17.4 Å². The molecule has 0 bridgehead atoms. The van der Waals surface area contributed by atoms with Gasteiger partial charge in [-0.05, 0) is 55.7 Å². The van der Waals surface area contributed by atoms with Crippen molar-refractivity contribution in [2.45, 2.75) is 76.5 Å². The van der Waals surface area contributed by atoms with Gasteiger partial charge < -0.3 is 37.2 Å². The van der Waals surface area contributed by atoms with Crippen LogP contribution in [0.25, 0.3) is 0 Å². The van der Waals surface area contributed by atoms with Crippen LogP contribution >= 0.6 is 11.3 Å². The van der Waals surface area contributed by atoms with Crippen molar-refractivity contribution >= 4 is 40.1 Å². The van der Waals surface area contributed by atoms with Crippen LogP contribution < -0.4 is 32.3 Å². The maximum Gasteiger partial charge on any atom is 0.245 e. The first-order valence-electron chi connectivity index (χ1n) is 17.5. The van der Waals surface area contributed by atoms with Crippen molar-refractivity contribution < 1.29 is 19.2 Å². The Labute approximate surface area is 299 Å². The highest BCUT2D eigenvalue weighted by Gasteiger charge is 2.33. The van der Waals surface area contributed by atoms with Gasteiger partial charge in [-0.25, -0.2) is 4.98 Å². The molecule has 0 saturated carbocycles. The first-order chi connectivity index (χ1) is 24.1. The third-order valence-corrected chi connectivity index (χ3v) is 9.57. The van der Waals surface area contributed by atoms with Crippen LogP contribution in [-0.2, 0) is 32.0 Å². The molecule has 2 heterocycles. The molecule has 3 aromatic rings.